The highest BCUT2D eigenvalue weighted by Crippen LogP contribution is 2.31. The number of benzene rings is 2. The molecule has 3 N–H and O–H groups in total. The highest BCUT2D eigenvalue weighted by molar-refractivity contribution is 8.18. The van der Waals surface area contributed by atoms with Crippen LogP contribution in [0, 0.1) is 13.8 Å². The van der Waals surface area contributed by atoms with E-state index in [0.717, 1.165) is 16.8 Å². The van der Waals surface area contributed by atoms with Gasteiger partial charge in [-0.2, -0.15) is 0 Å². The first-order chi connectivity index (χ1) is 11.4. The van der Waals surface area contributed by atoms with Gasteiger partial charge >= 0.3 is 0 Å². The second kappa shape index (κ2) is 6.41. The van der Waals surface area contributed by atoms with Crippen molar-refractivity contribution >= 4 is 34.6 Å². The Morgan fingerprint density at radius 1 is 1.08 bits per heavy atom. The van der Waals surface area contributed by atoms with Gasteiger partial charge in [0.1, 0.15) is 0 Å². The zero-order valence-electron chi connectivity index (χ0n) is 13.2. The monoisotopic (exact) mass is 340 g/mol. The molecular weight excluding hydrogens is 324 g/mol. The SMILES string of the molecule is Cc1ccc(C)c(N=C2NC(=O)C(=Cc3ccc(O)c(O)c3)S2)c1. The van der Waals surface area contributed by atoms with Crippen LogP contribution in [0.1, 0.15) is 16.7 Å². The van der Waals surface area contributed by atoms with E-state index < -0.39 is 0 Å². The number of rotatable bonds is 2. The molecule has 0 aliphatic carbocycles. The Kier molecular flexibility index (Phi) is 4.31. The number of aryl methyl sites for hydroxylation is 2. The van der Waals surface area contributed by atoms with Crippen molar-refractivity contribution in [3.8, 4) is 11.5 Å². The molecule has 24 heavy (non-hydrogen) atoms. The first kappa shape index (κ1) is 16.1. The molecule has 0 saturated carbocycles. The molecule has 0 spiro atoms. The van der Waals surface area contributed by atoms with Crippen molar-refractivity contribution in [3.05, 3.63) is 58.0 Å². The maximum Gasteiger partial charge on any atom is 0.264 e. The number of carbonyl (C=O) groups is 1. The van der Waals surface area contributed by atoms with Crippen LogP contribution >= 0.6 is 11.8 Å². The van der Waals surface area contributed by atoms with Gasteiger partial charge in [0, 0.05) is 0 Å². The summed E-state index contributed by atoms with van der Waals surface area (Å²) < 4.78 is 0. The molecule has 1 amide bonds. The highest BCUT2D eigenvalue weighted by atomic mass is 32.2. The average molecular weight is 340 g/mol. The molecule has 1 saturated heterocycles. The van der Waals surface area contributed by atoms with E-state index in [4.69, 9.17) is 0 Å². The summed E-state index contributed by atoms with van der Waals surface area (Å²) in [6, 6.07) is 10.4. The first-order valence-corrected chi connectivity index (χ1v) is 8.13. The summed E-state index contributed by atoms with van der Waals surface area (Å²) in [5.74, 6) is -0.661. The minimum atomic E-state index is -0.239. The Labute approximate surface area is 143 Å². The zero-order chi connectivity index (χ0) is 17.3. The van der Waals surface area contributed by atoms with Gasteiger partial charge in [-0.1, -0.05) is 18.2 Å². The highest BCUT2D eigenvalue weighted by Gasteiger charge is 2.24. The number of amidine groups is 1. The Hall–Kier alpha value is -2.73. The zero-order valence-corrected chi connectivity index (χ0v) is 14.0. The summed E-state index contributed by atoms with van der Waals surface area (Å²) in [4.78, 5) is 17.1. The largest absolute Gasteiger partial charge is 0.504 e. The summed E-state index contributed by atoms with van der Waals surface area (Å²) in [6.45, 7) is 3.96. The molecule has 1 heterocycles. The molecule has 1 aliphatic rings. The molecule has 1 aliphatic heterocycles. The van der Waals surface area contributed by atoms with Crippen LogP contribution in [0.15, 0.2) is 46.3 Å². The smallest absolute Gasteiger partial charge is 0.264 e. The molecule has 2 aromatic rings. The normalized spacial score (nSPS) is 17.5. The van der Waals surface area contributed by atoms with Crippen LogP contribution in [0.2, 0.25) is 0 Å². The third-order valence-electron chi connectivity index (χ3n) is 3.53. The molecule has 1 fully saturated rings. The summed E-state index contributed by atoms with van der Waals surface area (Å²) in [7, 11) is 0. The number of amides is 1. The van der Waals surface area contributed by atoms with Crippen LogP contribution < -0.4 is 5.32 Å². The number of hydrogen-bond donors (Lipinski definition) is 3. The van der Waals surface area contributed by atoms with Crippen LogP contribution in [0.5, 0.6) is 11.5 Å². The lowest BCUT2D eigenvalue weighted by Crippen LogP contribution is -2.19. The quantitative estimate of drug-likeness (QED) is 0.576. The number of aliphatic imine (C=N–C) groups is 1. The number of hydrogen-bond acceptors (Lipinski definition) is 5. The standard InChI is InChI=1S/C18H16N2O3S/c1-10-3-4-11(2)13(7-10)19-18-20-17(23)16(24-18)9-12-5-6-14(21)15(22)8-12/h3-9,21-22H,1-2H3,(H,19,20,23). The Morgan fingerprint density at radius 2 is 1.88 bits per heavy atom. The van der Waals surface area contributed by atoms with Gasteiger partial charge in [-0.15, -0.1) is 0 Å². The number of nitrogens with zero attached hydrogens (tertiary/aromatic N) is 1. The predicted molar refractivity (Wildman–Crippen MR) is 96.5 cm³/mol. The van der Waals surface area contributed by atoms with E-state index in [9.17, 15) is 15.0 Å². The van der Waals surface area contributed by atoms with Crippen LogP contribution in [0.3, 0.4) is 0 Å². The Morgan fingerprint density at radius 3 is 2.62 bits per heavy atom. The number of phenols is 2. The summed E-state index contributed by atoms with van der Waals surface area (Å²) in [5.41, 5.74) is 3.57. The van der Waals surface area contributed by atoms with Gasteiger partial charge in [0.25, 0.3) is 5.91 Å². The number of phenolic OH excluding ortho intramolecular Hbond substituents is 2. The summed E-state index contributed by atoms with van der Waals surface area (Å²) in [5, 5.41) is 22.1. The molecule has 0 unspecified atom stereocenters. The third-order valence-corrected chi connectivity index (χ3v) is 4.44. The molecule has 2 aromatic carbocycles. The van der Waals surface area contributed by atoms with Crippen molar-refractivity contribution in [3.63, 3.8) is 0 Å². The van der Waals surface area contributed by atoms with Crippen molar-refractivity contribution < 1.29 is 15.0 Å². The minimum absolute atomic E-state index is 0.196. The second-order valence-corrected chi connectivity index (χ2v) is 6.55. The topological polar surface area (TPSA) is 81.9 Å². The van der Waals surface area contributed by atoms with Crippen molar-refractivity contribution in [1.82, 2.24) is 5.32 Å². The van der Waals surface area contributed by atoms with Crippen LogP contribution in [0.4, 0.5) is 5.69 Å². The van der Waals surface area contributed by atoms with Gasteiger partial charge in [-0.05, 0) is 66.6 Å². The van der Waals surface area contributed by atoms with Gasteiger partial charge in [-0.25, -0.2) is 4.99 Å². The second-order valence-electron chi connectivity index (χ2n) is 5.52. The molecular formula is C18H16N2O3S. The lowest BCUT2D eigenvalue weighted by Gasteiger charge is -2.02. The third kappa shape index (κ3) is 3.44. The minimum Gasteiger partial charge on any atom is -0.504 e. The number of nitrogens with one attached hydrogen (secondary N) is 1. The Balaban J connectivity index is 1.87. The molecule has 0 radical (unpaired) electrons. The van der Waals surface area contributed by atoms with Crippen molar-refractivity contribution in [2.24, 2.45) is 4.99 Å². The fourth-order valence-corrected chi connectivity index (χ4v) is 3.05. The first-order valence-electron chi connectivity index (χ1n) is 7.31. The molecule has 0 aromatic heterocycles. The van der Waals surface area contributed by atoms with E-state index >= 15 is 0 Å². The molecule has 6 heteroatoms. The lowest BCUT2D eigenvalue weighted by atomic mass is 10.1. The van der Waals surface area contributed by atoms with E-state index in [1.165, 1.54) is 23.9 Å². The van der Waals surface area contributed by atoms with E-state index in [1.54, 1.807) is 12.1 Å². The fraction of sp³-hybridized carbons (Fsp3) is 0.111. The van der Waals surface area contributed by atoms with E-state index in [-0.39, 0.29) is 17.4 Å². The molecule has 3 rings (SSSR count). The number of carbonyl (C=O) groups excluding carboxylic acids is 1. The lowest BCUT2D eigenvalue weighted by molar-refractivity contribution is -0.115. The van der Waals surface area contributed by atoms with Crippen molar-refractivity contribution in [2.75, 3.05) is 0 Å². The van der Waals surface area contributed by atoms with E-state index in [2.05, 4.69) is 10.3 Å². The number of aromatic hydroxyl groups is 2. The van der Waals surface area contributed by atoms with Crippen molar-refractivity contribution in [1.29, 1.82) is 0 Å². The van der Waals surface area contributed by atoms with Crippen LogP contribution in [-0.2, 0) is 4.79 Å². The molecule has 122 valence electrons. The molecule has 0 atom stereocenters. The summed E-state index contributed by atoms with van der Waals surface area (Å²) in [6.07, 6.45) is 1.64. The number of thioether (sulfide) groups is 1. The Bertz CT molecular complexity index is 888. The van der Waals surface area contributed by atoms with E-state index in [0.29, 0.717) is 15.6 Å². The molecule has 5 nitrogen and oxygen atoms in total. The average Bonchev–Trinajstić information content (AvgIpc) is 2.86. The van der Waals surface area contributed by atoms with Crippen LogP contribution in [0.25, 0.3) is 6.08 Å². The maximum atomic E-state index is 12.1. The van der Waals surface area contributed by atoms with Gasteiger partial charge in [0.15, 0.2) is 16.7 Å². The van der Waals surface area contributed by atoms with Gasteiger partial charge in [0.05, 0.1) is 10.6 Å². The van der Waals surface area contributed by atoms with Gasteiger partial charge in [0.2, 0.25) is 0 Å². The van der Waals surface area contributed by atoms with Crippen LogP contribution in [-0.4, -0.2) is 21.3 Å². The summed E-state index contributed by atoms with van der Waals surface area (Å²) >= 11 is 1.24. The fourth-order valence-electron chi connectivity index (χ4n) is 2.21. The maximum absolute atomic E-state index is 12.1. The predicted octanol–water partition coefficient (Wildman–Crippen LogP) is 3.61. The van der Waals surface area contributed by atoms with Gasteiger partial charge in [-0.3, -0.25) is 4.79 Å². The van der Waals surface area contributed by atoms with E-state index in [1.807, 2.05) is 32.0 Å². The molecule has 0 bridgehead atoms. The van der Waals surface area contributed by atoms with Gasteiger partial charge < -0.3 is 15.5 Å². The van der Waals surface area contributed by atoms with Crippen molar-refractivity contribution in [2.45, 2.75) is 13.8 Å².